The summed E-state index contributed by atoms with van der Waals surface area (Å²) in [4.78, 5) is 13.1. The summed E-state index contributed by atoms with van der Waals surface area (Å²) in [5.41, 5.74) is 3.97. The molecule has 0 aliphatic carbocycles. The number of pyridine rings is 1. The van der Waals surface area contributed by atoms with Crippen LogP contribution in [0.1, 0.15) is 18.1 Å². The van der Waals surface area contributed by atoms with E-state index in [1.54, 1.807) is 12.4 Å². The Morgan fingerprint density at radius 1 is 1.33 bits per heavy atom. The molecule has 3 heterocycles. The van der Waals surface area contributed by atoms with Gasteiger partial charge in [0.15, 0.2) is 5.16 Å². The molecule has 5 nitrogen and oxygen atoms in total. The molecule has 0 saturated heterocycles. The van der Waals surface area contributed by atoms with Crippen LogP contribution < -0.4 is 0 Å². The summed E-state index contributed by atoms with van der Waals surface area (Å²) in [7, 11) is 0. The van der Waals surface area contributed by atoms with Gasteiger partial charge in [-0.3, -0.25) is 4.40 Å². The molecule has 3 aromatic heterocycles. The number of aromatic nitrogens is 4. The molecule has 0 N–H and O–H groups in total. The Kier molecular flexibility index (Phi) is 3.59. The smallest absolute Gasteiger partial charge is 0.187 e. The van der Waals surface area contributed by atoms with Crippen LogP contribution in [0.25, 0.3) is 17.0 Å². The van der Waals surface area contributed by atoms with Crippen LogP contribution in [0.3, 0.4) is 0 Å². The van der Waals surface area contributed by atoms with Gasteiger partial charge >= 0.3 is 0 Å². The number of imidazole rings is 1. The Balaban J connectivity index is 2.28. The first-order valence-corrected chi connectivity index (χ1v) is 7.77. The molecule has 0 atom stereocenters. The predicted octanol–water partition coefficient (Wildman–Crippen LogP) is 2.95. The molecule has 0 saturated carbocycles. The molecule has 0 aliphatic heterocycles. The van der Waals surface area contributed by atoms with Gasteiger partial charge in [0.2, 0.25) is 0 Å². The third-order valence-electron chi connectivity index (χ3n) is 3.31. The van der Waals surface area contributed by atoms with E-state index < -0.39 is 0 Å². The predicted molar refractivity (Wildman–Crippen MR) is 82.1 cm³/mol. The van der Waals surface area contributed by atoms with Gasteiger partial charge in [-0.15, -0.1) is 0 Å². The second-order valence-corrected chi connectivity index (χ2v) is 5.23. The van der Waals surface area contributed by atoms with Gasteiger partial charge < -0.3 is 0 Å². The molecule has 0 spiro atoms. The van der Waals surface area contributed by atoms with Gasteiger partial charge in [-0.2, -0.15) is 5.26 Å². The molecule has 0 aliphatic rings. The SMILES string of the molecule is CCc1cccn2c(-c3nc(SC)ncc3C#N)cnc12. The zero-order chi connectivity index (χ0) is 14.8. The van der Waals surface area contributed by atoms with Gasteiger partial charge in [0.25, 0.3) is 0 Å². The Morgan fingerprint density at radius 2 is 2.19 bits per heavy atom. The molecule has 0 unspecified atom stereocenters. The highest BCUT2D eigenvalue weighted by molar-refractivity contribution is 7.98. The molecular weight excluding hydrogens is 282 g/mol. The first kappa shape index (κ1) is 13.6. The van der Waals surface area contributed by atoms with Gasteiger partial charge in [0.05, 0.1) is 17.5 Å². The summed E-state index contributed by atoms with van der Waals surface area (Å²) < 4.78 is 1.98. The lowest BCUT2D eigenvalue weighted by Gasteiger charge is -2.06. The Hall–Kier alpha value is -2.39. The lowest BCUT2D eigenvalue weighted by Crippen LogP contribution is -1.98. The molecule has 104 valence electrons. The normalized spacial score (nSPS) is 10.7. The van der Waals surface area contributed by atoms with Gasteiger partial charge in [-0.05, 0) is 24.3 Å². The van der Waals surface area contributed by atoms with Crippen LogP contribution in [0.5, 0.6) is 0 Å². The van der Waals surface area contributed by atoms with Gasteiger partial charge in [0.1, 0.15) is 17.4 Å². The maximum Gasteiger partial charge on any atom is 0.187 e. The van der Waals surface area contributed by atoms with E-state index in [4.69, 9.17) is 0 Å². The van der Waals surface area contributed by atoms with Gasteiger partial charge in [-0.1, -0.05) is 24.8 Å². The van der Waals surface area contributed by atoms with E-state index >= 15 is 0 Å². The zero-order valence-electron chi connectivity index (χ0n) is 11.7. The molecule has 6 heteroatoms. The third kappa shape index (κ3) is 2.26. The van der Waals surface area contributed by atoms with Crippen LogP contribution in [-0.2, 0) is 6.42 Å². The first-order chi connectivity index (χ1) is 10.3. The van der Waals surface area contributed by atoms with Crippen molar-refractivity contribution in [1.29, 1.82) is 5.26 Å². The second-order valence-electron chi connectivity index (χ2n) is 4.45. The maximum absolute atomic E-state index is 9.29. The summed E-state index contributed by atoms with van der Waals surface area (Å²) in [6.07, 6.45) is 8.10. The number of hydrogen-bond acceptors (Lipinski definition) is 5. The fraction of sp³-hybridized carbons (Fsp3) is 0.200. The molecular formula is C15H13N5S. The summed E-state index contributed by atoms with van der Waals surface area (Å²) in [5, 5.41) is 9.93. The average Bonchev–Trinajstić information content (AvgIpc) is 2.98. The van der Waals surface area contributed by atoms with E-state index in [0.29, 0.717) is 16.4 Å². The van der Waals surface area contributed by atoms with E-state index in [2.05, 4.69) is 34.0 Å². The van der Waals surface area contributed by atoms with E-state index in [0.717, 1.165) is 17.8 Å². The van der Waals surface area contributed by atoms with Crippen molar-refractivity contribution in [3.05, 3.63) is 41.9 Å². The van der Waals surface area contributed by atoms with Crippen molar-refractivity contribution in [2.45, 2.75) is 18.5 Å². The number of nitrogens with zero attached hydrogens (tertiary/aromatic N) is 5. The summed E-state index contributed by atoms with van der Waals surface area (Å²) in [5.74, 6) is 0. The minimum absolute atomic E-state index is 0.455. The van der Waals surface area contributed by atoms with Crippen molar-refractivity contribution in [2.24, 2.45) is 0 Å². The standard InChI is InChI=1S/C15H13N5S/c1-3-10-5-4-6-20-12(9-17-14(10)20)13-11(7-16)8-18-15(19-13)21-2/h4-6,8-9H,3H2,1-2H3. The summed E-state index contributed by atoms with van der Waals surface area (Å²) in [6, 6.07) is 6.20. The molecule has 0 fully saturated rings. The lowest BCUT2D eigenvalue weighted by molar-refractivity contribution is 0.960. The van der Waals surface area contributed by atoms with Crippen molar-refractivity contribution in [3.8, 4) is 17.5 Å². The molecule has 3 rings (SSSR count). The third-order valence-corrected chi connectivity index (χ3v) is 3.87. The molecule has 21 heavy (non-hydrogen) atoms. The molecule has 3 aromatic rings. The van der Waals surface area contributed by atoms with Crippen molar-refractivity contribution < 1.29 is 0 Å². The molecule has 0 amide bonds. The number of nitriles is 1. The number of fused-ring (bicyclic) bond motifs is 1. The Bertz CT molecular complexity index is 847. The van der Waals surface area contributed by atoms with Gasteiger partial charge in [0, 0.05) is 12.4 Å². The quantitative estimate of drug-likeness (QED) is 0.549. The number of rotatable bonds is 3. The van der Waals surface area contributed by atoms with Gasteiger partial charge in [-0.25, -0.2) is 15.0 Å². The number of thioether (sulfide) groups is 1. The van der Waals surface area contributed by atoms with Crippen LogP contribution >= 0.6 is 11.8 Å². The van der Waals surface area contributed by atoms with Crippen LogP contribution in [-0.4, -0.2) is 25.6 Å². The number of hydrogen-bond donors (Lipinski definition) is 0. The monoisotopic (exact) mass is 295 g/mol. The van der Waals surface area contributed by atoms with Crippen LogP contribution in [0.15, 0.2) is 35.9 Å². The van der Waals surface area contributed by atoms with Crippen molar-refractivity contribution >= 4 is 17.4 Å². The fourth-order valence-electron chi connectivity index (χ4n) is 2.26. The first-order valence-electron chi connectivity index (χ1n) is 6.55. The lowest BCUT2D eigenvalue weighted by atomic mass is 10.2. The van der Waals surface area contributed by atoms with Crippen LogP contribution in [0.4, 0.5) is 0 Å². The van der Waals surface area contributed by atoms with E-state index in [-0.39, 0.29) is 0 Å². The largest absolute Gasteiger partial charge is 0.298 e. The van der Waals surface area contributed by atoms with E-state index in [1.165, 1.54) is 17.3 Å². The van der Waals surface area contributed by atoms with Crippen molar-refractivity contribution in [3.63, 3.8) is 0 Å². The number of aryl methyl sites for hydroxylation is 1. The van der Waals surface area contributed by atoms with E-state index in [9.17, 15) is 5.26 Å². The highest BCUT2D eigenvalue weighted by Crippen LogP contribution is 2.25. The molecule has 0 bridgehead atoms. The fourth-order valence-corrected chi connectivity index (χ4v) is 2.60. The maximum atomic E-state index is 9.29. The van der Waals surface area contributed by atoms with E-state index in [1.807, 2.05) is 22.9 Å². The Morgan fingerprint density at radius 3 is 2.90 bits per heavy atom. The summed E-state index contributed by atoms with van der Waals surface area (Å²) >= 11 is 1.45. The topological polar surface area (TPSA) is 66.9 Å². The van der Waals surface area contributed by atoms with Crippen LogP contribution in [0.2, 0.25) is 0 Å². The zero-order valence-corrected chi connectivity index (χ0v) is 12.6. The molecule has 0 radical (unpaired) electrons. The second kappa shape index (κ2) is 5.54. The highest BCUT2D eigenvalue weighted by Gasteiger charge is 2.14. The van der Waals surface area contributed by atoms with Crippen molar-refractivity contribution in [2.75, 3.05) is 6.26 Å². The summed E-state index contributed by atoms with van der Waals surface area (Å²) in [6.45, 7) is 2.10. The van der Waals surface area contributed by atoms with Crippen LogP contribution in [0, 0.1) is 11.3 Å². The van der Waals surface area contributed by atoms with Crippen molar-refractivity contribution in [1.82, 2.24) is 19.4 Å². The Labute approximate surface area is 126 Å². The minimum Gasteiger partial charge on any atom is -0.298 e. The minimum atomic E-state index is 0.455. The highest BCUT2D eigenvalue weighted by atomic mass is 32.2. The molecule has 0 aromatic carbocycles. The average molecular weight is 295 g/mol.